The molecule has 0 aliphatic heterocycles. The molecule has 0 aliphatic carbocycles. The second kappa shape index (κ2) is 16.3. The summed E-state index contributed by atoms with van der Waals surface area (Å²) in [5.74, 6) is -0.776. The second-order valence-electron chi connectivity index (χ2n) is 10.7. The van der Waals surface area contributed by atoms with Crippen LogP contribution in [-0.2, 0) is 14.3 Å². The molecule has 1 rings (SSSR count). The van der Waals surface area contributed by atoms with Crippen molar-refractivity contribution in [1.29, 1.82) is 0 Å². The van der Waals surface area contributed by atoms with E-state index in [0.717, 1.165) is 55.2 Å². The van der Waals surface area contributed by atoms with Gasteiger partial charge < -0.3 is 25.4 Å². The number of benzene rings is 1. The molecule has 0 saturated heterocycles. The molecule has 2 unspecified atom stereocenters. The third kappa shape index (κ3) is 11.1. The van der Waals surface area contributed by atoms with E-state index < -0.39 is 36.3 Å². The molecule has 0 aliphatic rings. The first-order valence-electron chi connectivity index (χ1n) is 13.7. The summed E-state index contributed by atoms with van der Waals surface area (Å²) in [5, 5.41) is 15.6. The van der Waals surface area contributed by atoms with Gasteiger partial charge in [-0.05, 0) is 64.2 Å². The van der Waals surface area contributed by atoms with Gasteiger partial charge in [0.05, 0.1) is 6.61 Å². The van der Waals surface area contributed by atoms with Crippen molar-refractivity contribution >= 4 is 17.9 Å². The van der Waals surface area contributed by atoms with Crippen LogP contribution < -0.4 is 10.6 Å². The highest BCUT2D eigenvalue weighted by atomic mass is 16.6. The standard InChI is InChI=1S/C29H49N3O5/c1-8-10-12-14-19-32(27(35)24(20-33)31-28(36)37-29(5,6)7)25(26(34)30-18-13-11-9-2)23-17-15-16-21(3)22(23)4/h15-17,24-25,33H,8-14,18-20H2,1-7H3,(H,30,34)(H,31,36). The molecule has 0 saturated carbocycles. The number of aryl methyl sites for hydroxylation is 1. The van der Waals surface area contributed by atoms with Crippen molar-refractivity contribution in [2.24, 2.45) is 0 Å². The highest BCUT2D eigenvalue weighted by Crippen LogP contribution is 2.28. The Balaban J connectivity index is 3.40. The van der Waals surface area contributed by atoms with Crippen molar-refractivity contribution < 1.29 is 24.2 Å². The molecule has 0 radical (unpaired) electrons. The van der Waals surface area contributed by atoms with E-state index in [1.807, 2.05) is 32.0 Å². The molecule has 37 heavy (non-hydrogen) atoms. The van der Waals surface area contributed by atoms with Gasteiger partial charge in [-0.15, -0.1) is 0 Å². The zero-order valence-corrected chi connectivity index (χ0v) is 24.0. The molecular weight excluding hydrogens is 470 g/mol. The highest BCUT2D eigenvalue weighted by molar-refractivity contribution is 5.92. The molecular formula is C29H49N3O5. The molecule has 0 bridgehead atoms. The quantitative estimate of drug-likeness (QED) is 0.284. The number of carbonyl (C=O) groups excluding carboxylic acids is 3. The lowest BCUT2D eigenvalue weighted by Gasteiger charge is -2.35. The van der Waals surface area contributed by atoms with Crippen LogP contribution in [-0.4, -0.2) is 59.3 Å². The van der Waals surface area contributed by atoms with Crippen LogP contribution in [0.3, 0.4) is 0 Å². The number of aliphatic hydroxyl groups excluding tert-OH is 1. The van der Waals surface area contributed by atoms with Crippen molar-refractivity contribution in [3.63, 3.8) is 0 Å². The predicted octanol–water partition coefficient (Wildman–Crippen LogP) is 4.95. The van der Waals surface area contributed by atoms with Crippen molar-refractivity contribution in [2.75, 3.05) is 19.7 Å². The van der Waals surface area contributed by atoms with Crippen LogP contribution in [0.15, 0.2) is 18.2 Å². The van der Waals surface area contributed by atoms with Crippen LogP contribution in [0.1, 0.15) is 102 Å². The number of amides is 3. The Morgan fingerprint density at radius 3 is 2.24 bits per heavy atom. The van der Waals surface area contributed by atoms with E-state index in [9.17, 15) is 19.5 Å². The molecule has 1 aromatic rings. The number of ether oxygens (including phenoxy) is 1. The minimum absolute atomic E-state index is 0.261. The lowest BCUT2D eigenvalue weighted by atomic mass is 9.94. The van der Waals surface area contributed by atoms with Gasteiger partial charge in [-0.2, -0.15) is 0 Å². The third-order valence-electron chi connectivity index (χ3n) is 6.29. The Morgan fingerprint density at radius 2 is 1.65 bits per heavy atom. The Kier molecular flexibility index (Phi) is 14.3. The SMILES string of the molecule is CCCCCCN(C(=O)C(CO)NC(=O)OC(C)(C)C)C(C(=O)NCCCCC)c1cccc(C)c1C. The van der Waals surface area contributed by atoms with Crippen LogP contribution in [0, 0.1) is 13.8 Å². The third-order valence-corrected chi connectivity index (χ3v) is 6.29. The minimum atomic E-state index is -1.23. The van der Waals surface area contributed by atoms with Gasteiger partial charge in [0.15, 0.2) is 0 Å². The Labute approximate surface area is 223 Å². The van der Waals surface area contributed by atoms with Gasteiger partial charge >= 0.3 is 6.09 Å². The smallest absolute Gasteiger partial charge is 0.408 e. The second-order valence-corrected chi connectivity index (χ2v) is 10.7. The number of unbranched alkanes of at least 4 members (excludes halogenated alkanes) is 5. The minimum Gasteiger partial charge on any atom is -0.444 e. The summed E-state index contributed by atoms with van der Waals surface area (Å²) in [6.45, 7) is 13.5. The van der Waals surface area contributed by atoms with Crippen molar-refractivity contribution in [3.8, 4) is 0 Å². The first-order valence-corrected chi connectivity index (χ1v) is 13.7. The molecule has 2 atom stereocenters. The van der Waals surface area contributed by atoms with Crippen LogP contribution >= 0.6 is 0 Å². The highest BCUT2D eigenvalue weighted by Gasteiger charge is 2.36. The number of carbonyl (C=O) groups is 3. The maximum Gasteiger partial charge on any atom is 0.408 e. The van der Waals surface area contributed by atoms with E-state index in [-0.39, 0.29) is 5.91 Å². The van der Waals surface area contributed by atoms with Gasteiger partial charge in [-0.1, -0.05) is 64.2 Å². The summed E-state index contributed by atoms with van der Waals surface area (Å²) in [6.07, 6.45) is 5.75. The number of alkyl carbamates (subject to hydrolysis) is 1. The molecule has 0 aromatic heterocycles. The summed E-state index contributed by atoms with van der Waals surface area (Å²) >= 11 is 0. The number of hydrogen-bond acceptors (Lipinski definition) is 5. The lowest BCUT2D eigenvalue weighted by Crippen LogP contribution is -2.54. The van der Waals surface area contributed by atoms with Crippen molar-refractivity contribution in [1.82, 2.24) is 15.5 Å². The van der Waals surface area contributed by atoms with Crippen LogP contribution in [0.4, 0.5) is 4.79 Å². The van der Waals surface area contributed by atoms with Gasteiger partial charge in [0, 0.05) is 13.1 Å². The van der Waals surface area contributed by atoms with E-state index in [1.165, 1.54) is 4.90 Å². The van der Waals surface area contributed by atoms with E-state index in [1.54, 1.807) is 20.8 Å². The average molecular weight is 520 g/mol. The summed E-state index contributed by atoms with van der Waals surface area (Å²) < 4.78 is 5.31. The largest absolute Gasteiger partial charge is 0.444 e. The molecule has 3 N–H and O–H groups in total. The van der Waals surface area contributed by atoms with Gasteiger partial charge in [0.1, 0.15) is 17.7 Å². The fourth-order valence-corrected chi connectivity index (χ4v) is 4.11. The monoisotopic (exact) mass is 519 g/mol. The zero-order valence-electron chi connectivity index (χ0n) is 24.0. The average Bonchev–Trinajstić information content (AvgIpc) is 2.83. The first-order chi connectivity index (χ1) is 17.5. The normalized spacial score (nSPS) is 13.0. The van der Waals surface area contributed by atoms with Crippen LogP contribution in [0.2, 0.25) is 0 Å². The number of nitrogens with zero attached hydrogens (tertiary/aromatic N) is 1. The molecule has 210 valence electrons. The fourth-order valence-electron chi connectivity index (χ4n) is 4.11. The van der Waals surface area contributed by atoms with Gasteiger partial charge in [-0.3, -0.25) is 9.59 Å². The molecule has 1 aromatic carbocycles. The molecule has 0 spiro atoms. The summed E-state index contributed by atoms with van der Waals surface area (Å²) in [7, 11) is 0. The maximum atomic E-state index is 13.8. The van der Waals surface area contributed by atoms with Crippen LogP contribution in [0.5, 0.6) is 0 Å². The molecule has 0 heterocycles. The molecule has 8 nitrogen and oxygen atoms in total. The van der Waals surface area contributed by atoms with Crippen molar-refractivity contribution in [3.05, 3.63) is 34.9 Å². The first kappa shape index (κ1) is 32.4. The molecule has 3 amide bonds. The Morgan fingerprint density at radius 1 is 1.00 bits per heavy atom. The summed E-state index contributed by atoms with van der Waals surface area (Å²) in [4.78, 5) is 41.4. The van der Waals surface area contributed by atoms with Gasteiger partial charge in [-0.25, -0.2) is 4.79 Å². The van der Waals surface area contributed by atoms with Gasteiger partial charge in [0.2, 0.25) is 11.8 Å². The lowest BCUT2D eigenvalue weighted by molar-refractivity contribution is -0.143. The molecule has 0 fully saturated rings. The zero-order chi connectivity index (χ0) is 28.0. The van der Waals surface area contributed by atoms with Crippen molar-refractivity contribution in [2.45, 2.75) is 111 Å². The fraction of sp³-hybridized carbons (Fsp3) is 0.690. The number of aliphatic hydroxyl groups is 1. The van der Waals surface area contributed by atoms with Gasteiger partial charge in [0.25, 0.3) is 0 Å². The Hall–Kier alpha value is -2.61. The molecule has 8 heteroatoms. The summed E-state index contributed by atoms with van der Waals surface area (Å²) in [6, 6.07) is 3.62. The number of hydrogen-bond donors (Lipinski definition) is 3. The Bertz CT molecular complexity index is 866. The number of nitrogens with one attached hydrogen (secondary N) is 2. The predicted molar refractivity (Wildman–Crippen MR) is 147 cm³/mol. The van der Waals surface area contributed by atoms with E-state index >= 15 is 0 Å². The topological polar surface area (TPSA) is 108 Å². The van der Waals surface area contributed by atoms with E-state index in [2.05, 4.69) is 24.5 Å². The maximum absolute atomic E-state index is 13.8. The van der Waals surface area contributed by atoms with E-state index in [0.29, 0.717) is 19.5 Å². The van der Waals surface area contributed by atoms with E-state index in [4.69, 9.17) is 4.74 Å². The number of rotatable bonds is 15. The van der Waals surface area contributed by atoms with Crippen LogP contribution in [0.25, 0.3) is 0 Å². The summed E-state index contributed by atoms with van der Waals surface area (Å²) in [5.41, 5.74) is 1.94.